The molecule has 3 heteroatoms. The largest absolute Gasteiger partial charge is 0.379 e. The Morgan fingerprint density at radius 1 is 1.19 bits per heavy atom. The van der Waals surface area contributed by atoms with E-state index in [4.69, 9.17) is 0 Å². The molecule has 0 unspecified atom stereocenters. The normalized spacial score (nSPS) is 10.4. The van der Waals surface area contributed by atoms with Crippen molar-refractivity contribution in [2.24, 2.45) is 0 Å². The molecule has 84 valence electrons. The van der Waals surface area contributed by atoms with Crippen molar-refractivity contribution < 1.29 is 0 Å². The summed E-state index contributed by atoms with van der Waals surface area (Å²) in [6.45, 7) is 5.13. The number of hydrogen-bond donors (Lipinski definition) is 1. The minimum absolute atomic E-state index is 0.889. The van der Waals surface area contributed by atoms with E-state index in [2.05, 4.69) is 65.4 Å². The van der Waals surface area contributed by atoms with Crippen molar-refractivity contribution in [1.82, 2.24) is 0 Å². The van der Waals surface area contributed by atoms with Crippen LogP contribution in [0.5, 0.6) is 0 Å². The van der Waals surface area contributed by atoms with Crippen molar-refractivity contribution in [2.75, 3.05) is 5.32 Å². The first-order valence-corrected chi connectivity index (χ1v) is 6.82. The van der Waals surface area contributed by atoms with Crippen molar-refractivity contribution in [1.29, 1.82) is 0 Å². The molecule has 0 spiro atoms. The molecular formula is C13H14BrNS. The fourth-order valence-electron chi connectivity index (χ4n) is 1.55. The van der Waals surface area contributed by atoms with Gasteiger partial charge in [-0.2, -0.15) is 0 Å². The first-order chi connectivity index (χ1) is 7.66. The van der Waals surface area contributed by atoms with Gasteiger partial charge in [0.05, 0.1) is 0 Å². The molecule has 0 fully saturated rings. The molecular weight excluding hydrogens is 282 g/mol. The molecule has 0 saturated heterocycles. The molecule has 1 heterocycles. The van der Waals surface area contributed by atoms with Gasteiger partial charge in [-0.3, -0.25) is 0 Å². The van der Waals surface area contributed by atoms with E-state index in [9.17, 15) is 0 Å². The zero-order chi connectivity index (χ0) is 11.5. The molecule has 0 radical (unpaired) electrons. The summed E-state index contributed by atoms with van der Waals surface area (Å²) >= 11 is 5.44. The molecule has 1 aromatic heterocycles. The van der Waals surface area contributed by atoms with Crippen LogP contribution < -0.4 is 5.32 Å². The number of benzene rings is 1. The van der Waals surface area contributed by atoms with Crippen molar-refractivity contribution >= 4 is 33.0 Å². The summed E-state index contributed by atoms with van der Waals surface area (Å²) in [7, 11) is 0. The van der Waals surface area contributed by atoms with Gasteiger partial charge < -0.3 is 5.32 Å². The number of thiophene rings is 1. The van der Waals surface area contributed by atoms with Crippen molar-refractivity contribution in [3.63, 3.8) is 0 Å². The van der Waals surface area contributed by atoms with E-state index in [1.165, 1.54) is 15.3 Å². The minimum Gasteiger partial charge on any atom is -0.379 e. The summed E-state index contributed by atoms with van der Waals surface area (Å²) in [5.74, 6) is 0. The van der Waals surface area contributed by atoms with Crippen LogP contribution in [0.2, 0.25) is 0 Å². The Labute approximate surface area is 109 Å². The first kappa shape index (κ1) is 11.7. The molecule has 1 N–H and O–H groups in total. The lowest BCUT2D eigenvalue weighted by Gasteiger charge is -2.09. The van der Waals surface area contributed by atoms with E-state index in [1.807, 2.05) is 11.3 Å². The van der Waals surface area contributed by atoms with Crippen LogP contribution in [0.3, 0.4) is 0 Å². The van der Waals surface area contributed by atoms with E-state index < -0.39 is 0 Å². The number of nitrogens with one attached hydrogen (secondary N) is 1. The standard InChI is InChI=1S/C13H14BrNS/c1-9-4-3-5-12(13(9)14)15-8-11-7-6-10(2)16-11/h3-7,15H,8H2,1-2H3. The number of rotatable bonds is 3. The highest BCUT2D eigenvalue weighted by atomic mass is 79.9. The molecule has 2 rings (SSSR count). The van der Waals surface area contributed by atoms with Gasteiger partial charge in [0, 0.05) is 26.5 Å². The highest BCUT2D eigenvalue weighted by Crippen LogP contribution is 2.26. The molecule has 0 aliphatic heterocycles. The monoisotopic (exact) mass is 295 g/mol. The lowest BCUT2D eigenvalue weighted by Crippen LogP contribution is -1.98. The number of anilines is 1. The van der Waals surface area contributed by atoms with Crippen LogP contribution in [0, 0.1) is 13.8 Å². The van der Waals surface area contributed by atoms with Gasteiger partial charge in [-0.25, -0.2) is 0 Å². The molecule has 1 aromatic carbocycles. The SMILES string of the molecule is Cc1ccc(CNc2cccc(C)c2Br)s1. The van der Waals surface area contributed by atoms with Crippen LogP contribution in [0.15, 0.2) is 34.8 Å². The average Bonchev–Trinajstić information content (AvgIpc) is 2.67. The molecule has 2 aromatic rings. The maximum absolute atomic E-state index is 3.60. The predicted molar refractivity (Wildman–Crippen MR) is 75.3 cm³/mol. The Bertz CT molecular complexity index is 490. The second kappa shape index (κ2) is 5.02. The van der Waals surface area contributed by atoms with Crippen LogP contribution in [0.4, 0.5) is 5.69 Å². The molecule has 0 aliphatic rings. The summed E-state index contributed by atoms with van der Waals surface area (Å²) in [4.78, 5) is 2.73. The van der Waals surface area contributed by atoms with Gasteiger partial charge in [-0.05, 0) is 53.5 Å². The fraction of sp³-hybridized carbons (Fsp3) is 0.231. The van der Waals surface area contributed by atoms with Gasteiger partial charge in [0.25, 0.3) is 0 Å². The Hall–Kier alpha value is -0.800. The van der Waals surface area contributed by atoms with Crippen molar-refractivity contribution in [2.45, 2.75) is 20.4 Å². The second-order valence-electron chi connectivity index (χ2n) is 3.80. The summed E-state index contributed by atoms with van der Waals surface area (Å²) in [6, 6.07) is 10.6. The Morgan fingerprint density at radius 2 is 2.00 bits per heavy atom. The number of halogens is 1. The second-order valence-corrected chi connectivity index (χ2v) is 5.97. The maximum atomic E-state index is 3.60. The van der Waals surface area contributed by atoms with E-state index in [0.717, 1.165) is 16.7 Å². The molecule has 0 saturated carbocycles. The minimum atomic E-state index is 0.889. The number of hydrogen-bond acceptors (Lipinski definition) is 2. The molecule has 0 amide bonds. The molecule has 0 atom stereocenters. The zero-order valence-corrected chi connectivity index (χ0v) is 11.8. The first-order valence-electron chi connectivity index (χ1n) is 5.21. The zero-order valence-electron chi connectivity index (χ0n) is 9.38. The third-order valence-corrected chi connectivity index (χ3v) is 4.49. The van der Waals surface area contributed by atoms with Crippen LogP contribution in [0.25, 0.3) is 0 Å². The van der Waals surface area contributed by atoms with Crippen LogP contribution in [-0.4, -0.2) is 0 Å². The summed E-state index contributed by atoms with van der Waals surface area (Å²) < 4.78 is 1.16. The van der Waals surface area contributed by atoms with E-state index in [1.54, 1.807) is 0 Å². The van der Waals surface area contributed by atoms with E-state index in [0.29, 0.717) is 0 Å². The third-order valence-electron chi connectivity index (χ3n) is 2.44. The van der Waals surface area contributed by atoms with Gasteiger partial charge in [-0.1, -0.05) is 12.1 Å². The molecule has 16 heavy (non-hydrogen) atoms. The van der Waals surface area contributed by atoms with Crippen LogP contribution >= 0.6 is 27.3 Å². The molecule has 0 aliphatic carbocycles. The predicted octanol–water partition coefficient (Wildman–Crippen LogP) is 4.74. The highest BCUT2D eigenvalue weighted by molar-refractivity contribution is 9.10. The van der Waals surface area contributed by atoms with Crippen LogP contribution in [-0.2, 0) is 6.54 Å². The summed E-state index contributed by atoms with van der Waals surface area (Å²) in [5, 5.41) is 3.45. The van der Waals surface area contributed by atoms with Crippen LogP contribution in [0.1, 0.15) is 15.3 Å². The Balaban J connectivity index is 2.07. The highest BCUT2D eigenvalue weighted by Gasteiger charge is 2.02. The molecule has 1 nitrogen and oxygen atoms in total. The van der Waals surface area contributed by atoms with Crippen molar-refractivity contribution in [3.8, 4) is 0 Å². The van der Waals surface area contributed by atoms with Gasteiger partial charge in [-0.15, -0.1) is 11.3 Å². The van der Waals surface area contributed by atoms with Gasteiger partial charge in [0.2, 0.25) is 0 Å². The average molecular weight is 296 g/mol. The lowest BCUT2D eigenvalue weighted by atomic mass is 10.2. The molecule has 0 bridgehead atoms. The topological polar surface area (TPSA) is 12.0 Å². The summed E-state index contributed by atoms with van der Waals surface area (Å²) in [5.41, 5.74) is 2.42. The maximum Gasteiger partial charge on any atom is 0.0494 e. The van der Waals surface area contributed by atoms with E-state index >= 15 is 0 Å². The lowest BCUT2D eigenvalue weighted by molar-refractivity contribution is 1.18. The Kier molecular flexibility index (Phi) is 3.66. The quantitative estimate of drug-likeness (QED) is 0.862. The van der Waals surface area contributed by atoms with Gasteiger partial charge in [0.1, 0.15) is 0 Å². The fourth-order valence-corrected chi connectivity index (χ4v) is 2.78. The van der Waals surface area contributed by atoms with Gasteiger partial charge >= 0.3 is 0 Å². The Morgan fingerprint density at radius 3 is 2.69 bits per heavy atom. The number of aryl methyl sites for hydroxylation is 2. The van der Waals surface area contributed by atoms with Crippen molar-refractivity contribution in [3.05, 3.63) is 50.1 Å². The van der Waals surface area contributed by atoms with E-state index in [-0.39, 0.29) is 0 Å². The van der Waals surface area contributed by atoms with Gasteiger partial charge in [0.15, 0.2) is 0 Å². The third kappa shape index (κ3) is 2.66. The smallest absolute Gasteiger partial charge is 0.0494 e. The summed E-state index contributed by atoms with van der Waals surface area (Å²) in [6.07, 6.45) is 0.